The fraction of sp³-hybridized carbons (Fsp3) is 0.429. The molecule has 0 amide bonds. The van der Waals surface area contributed by atoms with Gasteiger partial charge >= 0.3 is 19.5 Å². The van der Waals surface area contributed by atoms with Crippen molar-refractivity contribution in [3.63, 3.8) is 0 Å². The molecule has 0 aromatic heterocycles. The van der Waals surface area contributed by atoms with Gasteiger partial charge in [-0.2, -0.15) is 0 Å². The maximum Gasteiger partial charge on any atom is 2.00 e. The molecule has 0 spiro atoms. The van der Waals surface area contributed by atoms with Crippen molar-refractivity contribution >= 4 is 23.2 Å². The van der Waals surface area contributed by atoms with E-state index in [1.165, 1.54) is 11.1 Å². The summed E-state index contributed by atoms with van der Waals surface area (Å²) >= 11 is 11.7. The number of hydrogen-bond donors (Lipinski definition) is 0. The summed E-state index contributed by atoms with van der Waals surface area (Å²) in [5.41, 5.74) is 2.69. The molecule has 0 nitrogen and oxygen atoms in total. The summed E-state index contributed by atoms with van der Waals surface area (Å²) in [5.74, 6) is 0. The van der Waals surface area contributed by atoms with E-state index in [0.717, 1.165) is 29.3 Å². The van der Waals surface area contributed by atoms with Gasteiger partial charge in [-0.05, 0) is 30.4 Å². The first kappa shape index (κ1) is 8.78. The van der Waals surface area contributed by atoms with Crippen molar-refractivity contribution in [2.45, 2.75) is 19.3 Å². The first-order chi connectivity index (χ1) is 4.29. The maximum atomic E-state index is 5.85. The first-order valence-corrected chi connectivity index (χ1v) is 3.80. The van der Waals surface area contributed by atoms with E-state index in [0.29, 0.717) is 0 Å². The van der Waals surface area contributed by atoms with Crippen molar-refractivity contribution in [1.29, 1.82) is 0 Å². The van der Waals surface area contributed by atoms with Gasteiger partial charge in [0.2, 0.25) is 0 Å². The number of rotatable bonds is 0. The average molecular weight is 262 g/mol. The van der Waals surface area contributed by atoms with Gasteiger partial charge in [0.1, 0.15) is 0 Å². The topological polar surface area (TPSA) is 0 Å². The monoisotopic (exact) mass is 262 g/mol. The first-order valence-electron chi connectivity index (χ1n) is 3.04. The minimum Gasteiger partial charge on any atom is -0.0828 e. The molecular formula is C7H6Cl2Ru+2. The molecule has 0 saturated heterocycles. The number of halogens is 2. The summed E-state index contributed by atoms with van der Waals surface area (Å²) in [6.07, 6.45) is 3.34. The molecule has 54 valence electrons. The van der Waals surface area contributed by atoms with Crippen molar-refractivity contribution in [2.75, 3.05) is 0 Å². The van der Waals surface area contributed by atoms with Crippen LogP contribution < -0.4 is 0 Å². The number of fused-ring (bicyclic) bond motifs is 2. The maximum absolute atomic E-state index is 5.85. The normalized spacial score (nSPS) is 22.2. The molecule has 2 aliphatic carbocycles. The summed E-state index contributed by atoms with van der Waals surface area (Å²) in [6.45, 7) is 0. The second kappa shape index (κ2) is 2.97. The third-order valence-electron chi connectivity index (χ3n) is 1.97. The van der Waals surface area contributed by atoms with Gasteiger partial charge < -0.3 is 0 Å². The quantitative estimate of drug-likeness (QED) is 0.588. The zero-order chi connectivity index (χ0) is 6.43. The third-order valence-corrected chi connectivity index (χ3v) is 2.98. The summed E-state index contributed by atoms with van der Waals surface area (Å²) in [4.78, 5) is 0. The third kappa shape index (κ3) is 1.09. The van der Waals surface area contributed by atoms with E-state index in [4.69, 9.17) is 23.2 Å². The Labute approximate surface area is 83.0 Å². The van der Waals surface area contributed by atoms with Crippen LogP contribution in [-0.2, 0) is 19.5 Å². The predicted octanol–water partition coefficient (Wildman–Crippen LogP) is 3.17. The molecular weight excluding hydrogens is 256 g/mol. The van der Waals surface area contributed by atoms with Crippen molar-refractivity contribution in [1.82, 2.24) is 0 Å². The van der Waals surface area contributed by atoms with E-state index in [1.807, 2.05) is 0 Å². The Kier molecular flexibility index (Phi) is 2.61. The molecule has 2 bridgehead atoms. The number of allylic oxidation sites excluding steroid dienone is 4. The van der Waals surface area contributed by atoms with Gasteiger partial charge in [-0.15, -0.1) is 0 Å². The molecule has 2 aliphatic rings. The molecule has 1 fully saturated rings. The SMILES string of the molecule is ClC1=C2CCC(=C1Cl)C2.[Ru+2]. The molecule has 0 aliphatic heterocycles. The van der Waals surface area contributed by atoms with Crippen LogP contribution in [0.5, 0.6) is 0 Å². The fourth-order valence-corrected chi connectivity index (χ4v) is 2.01. The van der Waals surface area contributed by atoms with E-state index in [2.05, 4.69) is 0 Å². The summed E-state index contributed by atoms with van der Waals surface area (Å²) in [5, 5.41) is 1.66. The molecule has 0 heterocycles. The van der Waals surface area contributed by atoms with E-state index < -0.39 is 0 Å². The fourth-order valence-electron chi connectivity index (χ4n) is 1.42. The Morgan fingerprint density at radius 3 is 1.50 bits per heavy atom. The van der Waals surface area contributed by atoms with Crippen molar-refractivity contribution < 1.29 is 19.5 Å². The summed E-state index contributed by atoms with van der Waals surface area (Å²) in [6, 6.07) is 0. The second-order valence-electron chi connectivity index (χ2n) is 2.51. The van der Waals surface area contributed by atoms with Crippen LogP contribution in [0.4, 0.5) is 0 Å². The molecule has 2 rings (SSSR count). The molecule has 3 heteroatoms. The zero-order valence-corrected chi connectivity index (χ0v) is 8.48. The van der Waals surface area contributed by atoms with Crippen molar-refractivity contribution in [3.05, 3.63) is 21.2 Å². The van der Waals surface area contributed by atoms with Crippen LogP contribution in [0, 0.1) is 0 Å². The molecule has 0 radical (unpaired) electrons. The van der Waals surface area contributed by atoms with Crippen LogP contribution >= 0.6 is 23.2 Å². The van der Waals surface area contributed by atoms with Crippen LogP contribution in [0.1, 0.15) is 19.3 Å². The van der Waals surface area contributed by atoms with Gasteiger partial charge in [0.15, 0.2) is 0 Å². The molecule has 0 unspecified atom stereocenters. The molecule has 0 N–H and O–H groups in total. The minimum atomic E-state index is 0. The van der Waals surface area contributed by atoms with Gasteiger partial charge in [0.05, 0.1) is 10.1 Å². The standard InChI is InChI=1S/C7H6Cl2.Ru/c8-6-4-1-2-5(3-4)7(6)9;/h1-3H2;/q;+2. The van der Waals surface area contributed by atoms with Crippen LogP contribution in [0.25, 0.3) is 0 Å². The molecule has 0 aromatic carbocycles. The van der Waals surface area contributed by atoms with Gasteiger partial charge in [-0.3, -0.25) is 0 Å². The van der Waals surface area contributed by atoms with E-state index in [9.17, 15) is 0 Å². The average Bonchev–Trinajstić information content (AvgIpc) is 2.37. The van der Waals surface area contributed by atoms with Gasteiger partial charge in [0, 0.05) is 0 Å². The van der Waals surface area contributed by atoms with Crippen LogP contribution in [0.2, 0.25) is 0 Å². The second-order valence-corrected chi connectivity index (χ2v) is 3.27. The van der Waals surface area contributed by atoms with E-state index in [-0.39, 0.29) is 19.5 Å². The Bertz CT molecular complexity index is 204. The Hall–Kier alpha value is 0.683. The Morgan fingerprint density at radius 2 is 1.30 bits per heavy atom. The van der Waals surface area contributed by atoms with E-state index >= 15 is 0 Å². The minimum absolute atomic E-state index is 0. The van der Waals surface area contributed by atoms with Gasteiger partial charge in [-0.1, -0.05) is 23.2 Å². The number of hydrogen-bond acceptors (Lipinski definition) is 0. The van der Waals surface area contributed by atoms with Crippen molar-refractivity contribution in [2.24, 2.45) is 0 Å². The summed E-state index contributed by atoms with van der Waals surface area (Å²) < 4.78 is 0. The zero-order valence-electron chi connectivity index (χ0n) is 5.23. The Balaban J connectivity index is 0.000000500. The van der Waals surface area contributed by atoms with Gasteiger partial charge in [0.25, 0.3) is 0 Å². The predicted molar refractivity (Wildman–Crippen MR) is 39.6 cm³/mol. The smallest absolute Gasteiger partial charge is 0.0828 e. The molecule has 1 saturated carbocycles. The summed E-state index contributed by atoms with van der Waals surface area (Å²) in [7, 11) is 0. The Morgan fingerprint density at radius 1 is 0.900 bits per heavy atom. The van der Waals surface area contributed by atoms with E-state index in [1.54, 1.807) is 0 Å². The largest absolute Gasteiger partial charge is 2.00 e. The molecule has 0 atom stereocenters. The van der Waals surface area contributed by atoms with Crippen molar-refractivity contribution in [3.8, 4) is 0 Å². The van der Waals surface area contributed by atoms with Crippen LogP contribution in [-0.4, -0.2) is 0 Å². The van der Waals surface area contributed by atoms with Crippen LogP contribution in [0.3, 0.4) is 0 Å². The molecule has 10 heavy (non-hydrogen) atoms. The molecule has 0 aromatic rings. The van der Waals surface area contributed by atoms with Crippen LogP contribution in [0.15, 0.2) is 21.2 Å². The van der Waals surface area contributed by atoms with Gasteiger partial charge in [-0.25, -0.2) is 0 Å².